The first-order valence-corrected chi connectivity index (χ1v) is 5.47. The molecule has 0 aromatic carbocycles. The summed E-state index contributed by atoms with van der Waals surface area (Å²) < 4.78 is 5.97. The molecule has 2 fully saturated rings. The van der Waals surface area contributed by atoms with Crippen LogP contribution in [0.15, 0.2) is 0 Å². The van der Waals surface area contributed by atoms with Crippen LogP contribution in [0, 0.1) is 5.41 Å². The largest absolute Gasteiger partial charge is 0.374 e. The fourth-order valence-electron chi connectivity index (χ4n) is 2.53. The molecule has 0 amide bonds. The molecule has 1 aliphatic carbocycles. The van der Waals surface area contributed by atoms with Crippen molar-refractivity contribution in [2.45, 2.75) is 45.1 Å². The Morgan fingerprint density at radius 2 is 1.77 bits per heavy atom. The van der Waals surface area contributed by atoms with Gasteiger partial charge in [-0.1, -0.05) is 12.8 Å². The summed E-state index contributed by atoms with van der Waals surface area (Å²) in [6.07, 6.45) is 5.50. The van der Waals surface area contributed by atoms with E-state index in [4.69, 9.17) is 4.74 Å². The third kappa shape index (κ3) is 2.05. The summed E-state index contributed by atoms with van der Waals surface area (Å²) in [5, 5.41) is 3.55. The first-order valence-electron chi connectivity index (χ1n) is 5.47. The van der Waals surface area contributed by atoms with Crippen LogP contribution >= 0.6 is 0 Å². The minimum atomic E-state index is 0.0338. The minimum Gasteiger partial charge on any atom is -0.374 e. The molecular weight excluding hydrogens is 162 g/mol. The van der Waals surface area contributed by atoms with E-state index in [1.54, 1.807) is 0 Å². The molecular formula is C11H21NO. The van der Waals surface area contributed by atoms with Gasteiger partial charge in [0.2, 0.25) is 0 Å². The minimum absolute atomic E-state index is 0.0338. The predicted molar refractivity (Wildman–Crippen MR) is 53.8 cm³/mol. The van der Waals surface area contributed by atoms with Gasteiger partial charge < -0.3 is 10.1 Å². The highest BCUT2D eigenvalue weighted by Gasteiger charge is 2.38. The maximum atomic E-state index is 5.97. The number of nitrogens with one attached hydrogen (secondary N) is 1. The Bertz CT molecular complexity index is 183. The highest BCUT2D eigenvalue weighted by Crippen LogP contribution is 2.39. The lowest BCUT2D eigenvalue weighted by atomic mass is 9.87. The molecule has 1 heterocycles. The summed E-state index contributed by atoms with van der Waals surface area (Å²) in [6, 6.07) is 0. The Hall–Kier alpha value is -0.0800. The van der Waals surface area contributed by atoms with Crippen molar-refractivity contribution in [1.82, 2.24) is 5.32 Å². The van der Waals surface area contributed by atoms with E-state index < -0.39 is 0 Å². The molecule has 76 valence electrons. The normalized spacial score (nSPS) is 31.8. The Morgan fingerprint density at radius 1 is 1.08 bits per heavy atom. The van der Waals surface area contributed by atoms with Crippen LogP contribution in [0.1, 0.15) is 39.5 Å². The van der Waals surface area contributed by atoms with Crippen LogP contribution in [0.5, 0.6) is 0 Å². The molecule has 0 atom stereocenters. The van der Waals surface area contributed by atoms with Crippen LogP contribution in [0.2, 0.25) is 0 Å². The highest BCUT2D eigenvalue weighted by molar-refractivity contribution is 4.91. The lowest BCUT2D eigenvalue weighted by Crippen LogP contribution is -2.35. The van der Waals surface area contributed by atoms with Crippen molar-refractivity contribution in [3.63, 3.8) is 0 Å². The summed E-state index contributed by atoms with van der Waals surface area (Å²) in [4.78, 5) is 0. The zero-order valence-electron chi connectivity index (χ0n) is 8.86. The molecule has 1 spiro atoms. The molecule has 0 unspecified atom stereocenters. The van der Waals surface area contributed by atoms with E-state index in [-0.39, 0.29) is 5.60 Å². The average Bonchev–Trinajstić information content (AvgIpc) is 2.44. The summed E-state index contributed by atoms with van der Waals surface area (Å²) in [7, 11) is 0. The number of hydrogen-bond donors (Lipinski definition) is 1. The van der Waals surface area contributed by atoms with Gasteiger partial charge in [0.25, 0.3) is 0 Å². The van der Waals surface area contributed by atoms with Crippen LogP contribution in [0.4, 0.5) is 0 Å². The summed E-state index contributed by atoms with van der Waals surface area (Å²) >= 11 is 0. The quantitative estimate of drug-likeness (QED) is 0.619. The topological polar surface area (TPSA) is 21.3 Å². The van der Waals surface area contributed by atoms with Crippen molar-refractivity contribution in [1.29, 1.82) is 0 Å². The van der Waals surface area contributed by atoms with Crippen LogP contribution in [-0.4, -0.2) is 25.3 Å². The second-order valence-corrected chi connectivity index (χ2v) is 5.36. The van der Waals surface area contributed by atoms with E-state index in [0.29, 0.717) is 5.41 Å². The highest BCUT2D eigenvalue weighted by atomic mass is 16.5. The number of rotatable bonds is 0. The fraction of sp³-hybridized carbons (Fsp3) is 1.00. The molecule has 0 bridgehead atoms. The van der Waals surface area contributed by atoms with Crippen LogP contribution in [0.25, 0.3) is 0 Å². The van der Waals surface area contributed by atoms with Crippen molar-refractivity contribution >= 4 is 0 Å². The Kier molecular flexibility index (Phi) is 2.37. The monoisotopic (exact) mass is 183 g/mol. The van der Waals surface area contributed by atoms with E-state index in [2.05, 4.69) is 19.2 Å². The van der Waals surface area contributed by atoms with Crippen LogP contribution in [0.3, 0.4) is 0 Å². The number of ether oxygens (including phenoxy) is 1. The third-order valence-corrected chi connectivity index (χ3v) is 3.48. The first kappa shape index (κ1) is 9.47. The summed E-state index contributed by atoms with van der Waals surface area (Å²) in [5.41, 5.74) is 0.514. The number of hydrogen-bond acceptors (Lipinski definition) is 2. The lowest BCUT2D eigenvalue weighted by Gasteiger charge is -2.28. The van der Waals surface area contributed by atoms with Gasteiger partial charge in [0.15, 0.2) is 0 Å². The van der Waals surface area contributed by atoms with E-state index in [1.165, 1.54) is 25.7 Å². The summed E-state index contributed by atoms with van der Waals surface area (Å²) in [5.74, 6) is 0. The molecule has 2 aliphatic rings. The molecule has 2 rings (SSSR count). The average molecular weight is 183 g/mol. The van der Waals surface area contributed by atoms with Gasteiger partial charge in [0.05, 0.1) is 12.2 Å². The molecule has 0 aromatic rings. The van der Waals surface area contributed by atoms with Gasteiger partial charge in [-0.15, -0.1) is 0 Å². The Morgan fingerprint density at radius 3 is 2.46 bits per heavy atom. The molecule has 1 N–H and O–H groups in total. The van der Waals surface area contributed by atoms with Gasteiger partial charge in [-0.2, -0.15) is 0 Å². The SMILES string of the molecule is CC1(C)CNCC2(CCCC2)CO1. The molecule has 13 heavy (non-hydrogen) atoms. The molecule has 2 nitrogen and oxygen atoms in total. The molecule has 0 radical (unpaired) electrons. The van der Waals surface area contributed by atoms with Crippen molar-refractivity contribution in [3.05, 3.63) is 0 Å². The van der Waals surface area contributed by atoms with Gasteiger partial charge in [-0.3, -0.25) is 0 Å². The lowest BCUT2D eigenvalue weighted by molar-refractivity contribution is -0.0384. The Labute approximate surface area is 81.0 Å². The molecule has 1 saturated heterocycles. The second kappa shape index (κ2) is 3.25. The van der Waals surface area contributed by atoms with E-state index in [0.717, 1.165) is 19.7 Å². The van der Waals surface area contributed by atoms with Gasteiger partial charge in [-0.05, 0) is 26.7 Å². The van der Waals surface area contributed by atoms with Gasteiger partial charge >= 0.3 is 0 Å². The standard InChI is InChI=1S/C11H21NO/c1-10(2)7-12-8-11(9-13-10)5-3-4-6-11/h12H,3-9H2,1-2H3. The molecule has 1 saturated carbocycles. The molecule has 2 heteroatoms. The van der Waals surface area contributed by atoms with E-state index in [1.807, 2.05) is 0 Å². The Balaban J connectivity index is 2.01. The summed E-state index contributed by atoms with van der Waals surface area (Å²) in [6.45, 7) is 7.47. The fourth-order valence-corrected chi connectivity index (χ4v) is 2.53. The van der Waals surface area contributed by atoms with Gasteiger partial charge in [0, 0.05) is 18.5 Å². The van der Waals surface area contributed by atoms with E-state index >= 15 is 0 Å². The van der Waals surface area contributed by atoms with Gasteiger partial charge in [-0.25, -0.2) is 0 Å². The second-order valence-electron chi connectivity index (χ2n) is 5.36. The predicted octanol–water partition coefficient (Wildman–Crippen LogP) is 1.95. The van der Waals surface area contributed by atoms with Crippen molar-refractivity contribution in [2.75, 3.05) is 19.7 Å². The third-order valence-electron chi connectivity index (χ3n) is 3.48. The van der Waals surface area contributed by atoms with Crippen LogP contribution < -0.4 is 5.32 Å². The maximum Gasteiger partial charge on any atom is 0.0750 e. The van der Waals surface area contributed by atoms with Crippen LogP contribution in [-0.2, 0) is 4.74 Å². The van der Waals surface area contributed by atoms with Gasteiger partial charge in [0.1, 0.15) is 0 Å². The van der Waals surface area contributed by atoms with Crippen molar-refractivity contribution in [2.24, 2.45) is 5.41 Å². The zero-order chi connectivity index (χ0) is 9.36. The molecule has 0 aromatic heterocycles. The molecule has 1 aliphatic heterocycles. The zero-order valence-corrected chi connectivity index (χ0v) is 8.86. The first-order chi connectivity index (χ1) is 6.12. The van der Waals surface area contributed by atoms with E-state index in [9.17, 15) is 0 Å². The van der Waals surface area contributed by atoms with Crippen molar-refractivity contribution < 1.29 is 4.74 Å². The van der Waals surface area contributed by atoms with Crippen molar-refractivity contribution in [3.8, 4) is 0 Å². The maximum absolute atomic E-state index is 5.97. The smallest absolute Gasteiger partial charge is 0.0750 e.